The first-order valence-electron chi connectivity index (χ1n) is 8.32. The van der Waals surface area contributed by atoms with Gasteiger partial charge in [-0.3, -0.25) is 4.79 Å². The number of unbranched alkanes of at least 4 members (excludes halogenated alkanes) is 2. The van der Waals surface area contributed by atoms with E-state index in [4.69, 9.17) is 4.74 Å². The van der Waals surface area contributed by atoms with Crippen LogP contribution in [-0.4, -0.2) is 11.7 Å². The zero-order chi connectivity index (χ0) is 16.1. The van der Waals surface area contributed by atoms with Gasteiger partial charge in [-0.1, -0.05) is 26.7 Å². The highest BCUT2D eigenvalue weighted by atomic mass is 16.5. The molecule has 0 aliphatic heterocycles. The molecule has 2 aromatic rings. The summed E-state index contributed by atoms with van der Waals surface area (Å²) in [5, 5.41) is 1.17. The number of pyridine rings is 1. The van der Waals surface area contributed by atoms with Crippen molar-refractivity contribution < 1.29 is 4.74 Å². The molecule has 1 heterocycles. The van der Waals surface area contributed by atoms with Crippen LogP contribution in [0.5, 0.6) is 5.75 Å². The first kappa shape index (κ1) is 16.6. The van der Waals surface area contributed by atoms with E-state index in [-0.39, 0.29) is 5.56 Å². The third-order valence-corrected chi connectivity index (χ3v) is 4.38. The molecule has 0 N–H and O–H groups in total. The van der Waals surface area contributed by atoms with Gasteiger partial charge in [-0.05, 0) is 49.4 Å². The summed E-state index contributed by atoms with van der Waals surface area (Å²) in [5.74, 6) is 0.852. The largest absolute Gasteiger partial charge is 0.497 e. The molecule has 0 aliphatic carbocycles. The van der Waals surface area contributed by atoms with E-state index in [1.165, 1.54) is 10.9 Å². The fourth-order valence-corrected chi connectivity index (χ4v) is 3.03. The van der Waals surface area contributed by atoms with Crippen molar-refractivity contribution in [2.24, 2.45) is 7.05 Å². The van der Waals surface area contributed by atoms with Crippen LogP contribution in [0.4, 0.5) is 0 Å². The van der Waals surface area contributed by atoms with Gasteiger partial charge in [0.1, 0.15) is 5.75 Å². The van der Waals surface area contributed by atoms with Gasteiger partial charge in [0.05, 0.1) is 12.6 Å². The lowest BCUT2D eigenvalue weighted by Gasteiger charge is -2.16. The summed E-state index contributed by atoms with van der Waals surface area (Å²) >= 11 is 0. The lowest BCUT2D eigenvalue weighted by molar-refractivity contribution is 0.415. The highest BCUT2D eigenvalue weighted by Crippen LogP contribution is 2.26. The first-order chi connectivity index (χ1) is 10.6. The number of aromatic nitrogens is 1. The number of ether oxygens (including phenoxy) is 1. The molecule has 0 spiro atoms. The number of hydrogen-bond donors (Lipinski definition) is 0. The molecule has 22 heavy (non-hydrogen) atoms. The third kappa shape index (κ3) is 3.18. The van der Waals surface area contributed by atoms with E-state index in [0.717, 1.165) is 55.4 Å². The number of fused-ring (bicyclic) bond motifs is 1. The molecule has 0 aliphatic rings. The van der Waals surface area contributed by atoms with Gasteiger partial charge in [0, 0.05) is 18.0 Å². The van der Waals surface area contributed by atoms with Crippen molar-refractivity contribution >= 4 is 10.9 Å². The summed E-state index contributed by atoms with van der Waals surface area (Å²) in [6.45, 7) is 4.36. The number of rotatable bonds is 7. The number of hydrogen-bond acceptors (Lipinski definition) is 2. The van der Waals surface area contributed by atoms with Crippen molar-refractivity contribution in [3.63, 3.8) is 0 Å². The molecule has 3 nitrogen and oxygen atoms in total. The van der Waals surface area contributed by atoms with Gasteiger partial charge in [-0.25, -0.2) is 0 Å². The van der Waals surface area contributed by atoms with Gasteiger partial charge in [0.2, 0.25) is 0 Å². The minimum Gasteiger partial charge on any atom is -0.497 e. The number of methoxy groups -OCH3 is 1. The average molecular weight is 301 g/mol. The van der Waals surface area contributed by atoms with Gasteiger partial charge < -0.3 is 9.30 Å². The maximum atomic E-state index is 12.8. The maximum Gasteiger partial charge on any atom is 0.254 e. The molecule has 0 saturated carbocycles. The summed E-state index contributed by atoms with van der Waals surface area (Å²) in [7, 11) is 3.56. The lowest BCUT2D eigenvalue weighted by atomic mass is 9.95. The fraction of sp³-hybridized carbons (Fsp3) is 0.526. The predicted molar refractivity (Wildman–Crippen MR) is 93.0 cm³/mol. The topological polar surface area (TPSA) is 31.2 Å². The highest BCUT2D eigenvalue weighted by Gasteiger charge is 2.15. The van der Waals surface area contributed by atoms with Crippen molar-refractivity contribution in [2.45, 2.75) is 52.4 Å². The number of nitrogens with zero attached hydrogens (tertiary/aromatic N) is 1. The van der Waals surface area contributed by atoms with E-state index < -0.39 is 0 Å². The summed E-state index contributed by atoms with van der Waals surface area (Å²) in [4.78, 5) is 12.8. The molecular weight excluding hydrogens is 274 g/mol. The number of benzene rings is 1. The summed E-state index contributed by atoms with van der Waals surface area (Å²) in [5.41, 5.74) is 3.39. The monoisotopic (exact) mass is 301 g/mol. The molecule has 0 fully saturated rings. The normalized spacial score (nSPS) is 11.1. The van der Waals surface area contributed by atoms with Crippen LogP contribution in [0.25, 0.3) is 10.9 Å². The van der Waals surface area contributed by atoms with Gasteiger partial charge in [-0.15, -0.1) is 0 Å². The van der Waals surface area contributed by atoms with Gasteiger partial charge in [0.25, 0.3) is 5.56 Å². The molecule has 1 aromatic heterocycles. The van der Waals surface area contributed by atoms with Crippen LogP contribution in [0.1, 0.15) is 50.7 Å². The lowest BCUT2D eigenvalue weighted by Crippen LogP contribution is -2.24. The molecule has 0 saturated heterocycles. The van der Waals surface area contributed by atoms with Crippen LogP contribution in [-0.2, 0) is 19.9 Å². The van der Waals surface area contributed by atoms with Gasteiger partial charge in [-0.2, -0.15) is 0 Å². The van der Waals surface area contributed by atoms with Gasteiger partial charge in [0.15, 0.2) is 0 Å². The zero-order valence-corrected chi connectivity index (χ0v) is 14.2. The predicted octanol–water partition coefficient (Wildman–Crippen LogP) is 4.23. The second-order valence-electron chi connectivity index (χ2n) is 5.91. The summed E-state index contributed by atoms with van der Waals surface area (Å²) in [6.07, 6.45) is 6.24. The minimum absolute atomic E-state index is 0.164. The van der Waals surface area contributed by atoms with E-state index in [0.29, 0.717) is 0 Å². The van der Waals surface area contributed by atoms with Crippen LogP contribution in [0, 0.1) is 0 Å². The minimum atomic E-state index is 0.164. The molecule has 1 aromatic carbocycles. The maximum absolute atomic E-state index is 12.8. The van der Waals surface area contributed by atoms with Crippen LogP contribution in [0.3, 0.4) is 0 Å². The van der Waals surface area contributed by atoms with Crippen molar-refractivity contribution in [3.8, 4) is 5.75 Å². The Morgan fingerprint density at radius 2 is 1.68 bits per heavy atom. The Morgan fingerprint density at radius 3 is 2.27 bits per heavy atom. The zero-order valence-electron chi connectivity index (χ0n) is 14.2. The van der Waals surface area contributed by atoms with Crippen LogP contribution < -0.4 is 10.3 Å². The second kappa shape index (κ2) is 7.48. The standard InChI is InChI=1S/C19H27NO2/c1-5-7-9-15-16(10-8-6-2)19(21)20(3)18-12-11-14(22-4)13-17(15)18/h11-13H,5-10H2,1-4H3. The average Bonchev–Trinajstić information content (AvgIpc) is 2.55. The first-order valence-corrected chi connectivity index (χ1v) is 8.32. The Balaban J connectivity index is 2.72. The quantitative estimate of drug-likeness (QED) is 0.766. The number of aryl methyl sites for hydroxylation is 2. The van der Waals surface area contributed by atoms with Crippen LogP contribution >= 0.6 is 0 Å². The molecular formula is C19H27NO2. The van der Waals surface area contributed by atoms with Crippen LogP contribution in [0.2, 0.25) is 0 Å². The Kier molecular flexibility index (Phi) is 5.64. The van der Waals surface area contributed by atoms with E-state index in [1.54, 1.807) is 11.7 Å². The molecule has 2 rings (SSSR count). The molecule has 120 valence electrons. The molecule has 0 atom stereocenters. The van der Waals surface area contributed by atoms with Crippen LogP contribution in [0.15, 0.2) is 23.0 Å². The van der Waals surface area contributed by atoms with E-state index in [9.17, 15) is 4.79 Å². The van der Waals surface area contributed by atoms with Crippen molar-refractivity contribution in [1.29, 1.82) is 0 Å². The Bertz CT molecular complexity index is 701. The molecule has 0 unspecified atom stereocenters. The Labute approximate surface area is 132 Å². The Morgan fingerprint density at radius 1 is 1.05 bits per heavy atom. The van der Waals surface area contributed by atoms with Crippen molar-refractivity contribution in [3.05, 3.63) is 39.7 Å². The summed E-state index contributed by atoms with van der Waals surface area (Å²) in [6, 6.07) is 6.00. The molecule has 3 heteroatoms. The van der Waals surface area contributed by atoms with E-state index in [2.05, 4.69) is 19.9 Å². The second-order valence-corrected chi connectivity index (χ2v) is 5.91. The SMILES string of the molecule is CCCCc1c(CCCC)c2cc(OC)ccc2n(C)c1=O. The Hall–Kier alpha value is -1.77. The van der Waals surface area contributed by atoms with Crippen molar-refractivity contribution in [1.82, 2.24) is 4.57 Å². The van der Waals surface area contributed by atoms with E-state index >= 15 is 0 Å². The van der Waals surface area contributed by atoms with Crippen molar-refractivity contribution in [2.75, 3.05) is 7.11 Å². The highest BCUT2D eigenvalue weighted by molar-refractivity contribution is 5.85. The third-order valence-electron chi connectivity index (χ3n) is 4.38. The molecule has 0 radical (unpaired) electrons. The van der Waals surface area contributed by atoms with Gasteiger partial charge >= 0.3 is 0 Å². The van der Waals surface area contributed by atoms with E-state index in [1.807, 2.05) is 19.2 Å². The summed E-state index contributed by atoms with van der Waals surface area (Å²) < 4.78 is 7.17. The fourth-order valence-electron chi connectivity index (χ4n) is 3.03. The smallest absolute Gasteiger partial charge is 0.254 e. The molecule has 0 amide bonds. The molecule has 0 bridgehead atoms.